The Labute approximate surface area is 123 Å². The maximum Gasteiger partial charge on any atom is 0.238 e. The fraction of sp³-hybridized carbons (Fsp3) is 0.385. The highest BCUT2D eigenvalue weighted by atomic mass is 32.2. The van der Waals surface area contributed by atoms with Crippen LogP contribution < -0.4 is 9.88 Å². The molecule has 0 aliphatic rings. The van der Waals surface area contributed by atoms with Crippen LogP contribution in [0.4, 0.5) is 0 Å². The minimum atomic E-state index is -3.74. The summed E-state index contributed by atoms with van der Waals surface area (Å²) in [6.07, 6.45) is 0.661. The molecule has 0 radical (unpaired) electrons. The molecule has 2 aromatic rings. The van der Waals surface area contributed by atoms with Crippen molar-refractivity contribution in [3.8, 4) is 5.75 Å². The first kappa shape index (κ1) is 15.5. The fourth-order valence-electron chi connectivity index (χ4n) is 2.08. The lowest BCUT2D eigenvalue weighted by atomic mass is 10.1. The molecule has 114 valence electrons. The molecule has 0 amide bonds. The molecule has 21 heavy (non-hydrogen) atoms. The molecule has 1 aromatic carbocycles. The largest absolute Gasteiger partial charge is 0.485 e. The smallest absolute Gasteiger partial charge is 0.238 e. The molecule has 0 saturated carbocycles. The van der Waals surface area contributed by atoms with Crippen molar-refractivity contribution in [2.45, 2.75) is 38.7 Å². The highest BCUT2D eigenvalue weighted by Crippen LogP contribution is 2.25. The minimum absolute atomic E-state index is 0.127. The number of benzene rings is 1. The first-order valence-corrected chi connectivity index (χ1v) is 7.94. The highest BCUT2D eigenvalue weighted by Gasteiger charge is 2.16. The Kier molecular flexibility index (Phi) is 4.29. The van der Waals surface area contributed by atoms with Crippen molar-refractivity contribution in [3.05, 3.63) is 35.0 Å². The summed E-state index contributed by atoms with van der Waals surface area (Å²) in [5.41, 5.74) is 1.07. The molecule has 0 spiro atoms. The van der Waals surface area contributed by atoms with Gasteiger partial charge in [-0.2, -0.15) is 4.98 Å². The van der Waals surface area contributed by atoms with E-state index in [4.69, 9.17) is 14.4 Å². The van der Waals surface area contributed by atoms with Gasteiger partial charge in [-0.1, -0.05) is 12.1 Å². The number of nitrogens with zero attached hydrogens (tertiary/aromatic N) is 2. The zero-order valence-corrected chi connectivity index (χ0v) is 12.9. The van der Waals surface area contributed by atoms with Crippen LogP contribution in [0.2, 0.25) is 0 Å². The second-order valence-electron chi connectivity index (χ2n) is 4.68. The Hall–Kier alpha value is -1.93. The van der Waals surface area contributed by atoms with Gasteiger partial charge in [0.2, 0.25) is 21.7 Å². The van der Waals surface area contributed by atoms with Gasteiger partial charge in [-0.3, -0.25) is 0 Å². The fourth-order valence-corrected chi connectivity index (χ4v) is 3.10. The molecular formula is C13H17N3O4S. The van der Waals surface area contributed by atoms with Gasteiger partial charge in [0.05, 0.1) is 4.90 Å². The van der Waals surface area contributed by atoms with E-state index in [0.717, 1.165) is 0 Å². The molecule has 1 aromatic heterocycles. The summed E-state index contributed by atoms with van der Waals surface area (Å²) < 4.78 is 33.5. The molecule has 0 aliphatic heterocycles. The quantitative estimate of drug-likeness (QED) is 0.895. The van der Waals surface area contributed by atoms with Crippen LogP contribution >= 0.6 is 0 Å². The predicted octanol–water partition coefficient (Wildman–Crippen LogP) is 1.48. The normalized spacial score (nSPS) is 11.6. The van der Waals surface area contributed by atoms with E-state index in [1.165, 1.54) is 0 Å². The first-order chi connectivity index (χ1) is 9.81. The molecule has 0 bridgehead atoms. The van der Waals surface area contributed by atoms with Gasteiger partial charge in [0, 0.05) is 6.42 Å². The minimum Gasteiger partial charge on any atom is -0.485 e. The van der Waals surface area contributed by atoms with Crippen LogP contribution in [0.3, 0.4) is 0 Å². The van der Waals surface area contributed by atoms with E-state index in [0.29, 0.717) is 35.0 Å². The van der Waals surface area contributed by atoms with E-state index in [1.54, 1.807) is 26.0 Å². The van der Waals surface area contributed by atoms with Gasteiger partial charge in [0.15, 0.2) is 6.61 Å². The molecular weight excluding hydrogens is 294 g/mol. The molecule has 0 saturated heterocycles. The topological polar surface area (TPSA) is 108 Å². The Morgan fingerprint density at radius 3 is 2.38 bits per heavy atom. The van der Waals surface area contributed by atoms with E-state index in [9.17, 15) is 8.42 Å². The van der Waals surface area contributed by atoms with Gasteiger partial charge in [-0.25, -0.2) is 13.6 Å². The number of rotatable bonds is 5. The van der Waals surface area contributed by atoms with Gasteiger partial charge < -0.3 is 9.26 Å². The third-order valence-corrected chi connectivity index (χ3v) is 4.11. The zero-order valence-electron chi connectivity index (χ0n) is 12.1. The molecule has 2 rings (SSSR count). The molecule has 2 N–H and O–H groups in total. The number of aryl methyl sites for hydroxylation is 3. The van der Waals surface area contributed by atoms with Crippen LogP contribution in [0, 0.1) is 13.8 Å². The summed E-state index contributed by atoms with van der Waals surface area (Å²) in [5.74, 6) is 1.52. The molecule has 1 heterocycles. The highest BCUT2D eigenvalue weighted by molar-refractivity contribution is 7.89. The van der Waals surface area contributed by atoms with Crippen LogP contribution in [0.25, 0.3) is 0 Å². The number of nitrogens with two attached hydrogens (primary N) is 1. The average molecular weight is 311 g/mol. The second kappa shape index (κ2) is 5.82. The Morgan fingerprint density at radius 2 is 1.90 bits per heavy atom. The monoisotopic (exact) mass is 311 g/mol. The lowest BCUT2D eigenvalue weighted by molar-refractivity contribution is 0.284. The molecule has 0 aliphatic carbocycles. The van der Waals surface area contributed by atoms with Crippen LogP contribution in [-0.4, -0.2) is 18.6 Å². The average Bonchev–Trinajstić information content (AvgIpc) is 2.81. The number of primary sulfonamides is 1. The molecule has 7 nitrogen and oxygen atoms in total. The summed E-state index contributed by atoms with van der Waals surface area (Å²) in [6.45, 7) is 5.40. The van der Waals surface area contributed by atoms with Crippen molar-refractivity contribution in [2.24, 2.45) is 5.14 Å². The van der Waals surface area contributed by atoms with E-state index in [1.807, 2.05) is 6.92 Å². The Morgan fingerprint density at radius 1 is 1.29 bits per heavy atom. The number of aromatic nitrogens is 2. The van der Waals surface area contributed by atoms with E-state index >= 15 is 0 Å². The van der Waals surface area contributed by atoms with E-state index < -0.39 is 10.0 Å². The van der Waals surface area contributed by atoms with Crippen LogP contribution in [0.15, 0.2) is 21.6 Å². The van der Waals surface area contributed by atoms with Gasteiger partial charge in [0.1, 0.15) is 5.75 Å². The first-order valence-electron chi connectivity index (χ1n) is 6.39. The molecule has 0 fully saturated rings. The van der Waals surface area contributed by atoms with E-state index in [-0.39, 0.29) is 11.5 Å². The third-order valence-electron chi connectivity index (χ3n) is 2.90. The SMILES string of the molecule is CCc1nc(COc2cc(C)c(S(N)(=O)=O)c(C)c2)no1. The zero-order chi connectivity index (χ0) is 15.6. The predicted molar refractivity (Wildman–Crippen MR) is 75.3 cm³/mol. The standard InChI is InChI=1S/C13H17N3O4S/c1-4-12-15-11(16-20-12)7-19-10-5-8(2)13(9(3)6-10)21(14,17)18/h5-6H,4,7H2,1-3H3,(H2,14,17,18). The van der Waals surface area contributed by atoms with Crippen molar-refractivity contribution in [1.82, 2.24) is 10.1 Å². The van der Waals surface area contributed by atoms with Gasteiger partial charge >= 0.3 is 0 Å². The molecule has 0 atom stereocenters. The summed E-state index contributed by atoms with van der Waals surface area (Å²) >= 11 is 0. The number of hydrogen-bond acceptors (Lipinski definition) is 6. The van der Waals surface area contributed by atoms with Crippen LogP contribution in [-0.2, 0) is 23.1 Å². The van der Waals surface area contributed by atoms with Gasteiger partial charge in [-0.05, 0) is 37.1 Å². The summed E-state index contributed by atoms with van der Waals surface area (Å²) in [5, 5.41) is 8.97. The van der Waals surface area contributed by atoms with Crippen LogP contribution in [0.1, 0.15) is 29.8 Å². The Bertz CT molecular complexity index is 730. The summed E-state index contributed by atoms with van der Waals surface area (Å²) in [4.78, 5) is 4.25. The summed E-state index contributed by atoms with van der Waals surface area (Å²) in [6, 6.07) is 3.24. The van der Waals surface area contributed by atoms with Gasteiger partial charge in [0.25, 0.3) is 0 Å². The lowest BCUT2D eigenvalue weighted by Crippen LogP contribution is -2.15. The van der Waals surface area contributed by atoms with Crippen LogP contribution in [0.5, 0.6) is 5.75 Å². The Balaban J connectivity index is 2.18. The maximum atomic E-state index is 11.5. The van der Waals surface area contributed by atoms with Crippen molar-refractivity contribution < 1.29 is 17.7 Å². The lowest BCUT2D eigenvalue weighted by Gasteiger charge is -2.11. The molecule has 0 unspecified atom stereocenters. The van der Waals surface area contributed by atoms with Crippen molar-refractivity contribution in [3.63, 3.8) is 0 Å². The van der Waals surface area contributed by atoms with Crippen molar-refractivity contribution in [1.29, 1.82) is 0 Å². The molecule has 8 heteroatoms. The maximum absolute atomic E-state index is 11.5. The summed E-state index contributed by atoms with van der Waals surface area (Å²) in [7, 11) is -3.74. The van der Waals surface area contributed by atoms with Gasteiger partial charge in [-0.15, -0.1) is 0 Å². The number of ether oxygens (including phenoxy) is 1. The van der Waals surface area contributed by atoms with Crippen molar-refractivity contribution in [2.75, 3.05) is 0 Å². The second-order valence-corrected chi connectivity index (χ2v) is 6.18. The van der Waals surface area contributed by atoms with E-state index in [2.05, 4.69) is 10.1 Å². The van der Waals surface area contributed by atoms with Crippen molar-refractivity contribution >= 4 is 10.0 Å². The third kappa shape index (κ3) is 3.59. The number of hydrogen-bond donors (Lipinski definition) is 1. The number of sulfonamides is 1.